The number of ether oxygens (including phenoxy) is 1. The highest BCUT2D eigenvalue weighted by Gasteiger charge is 2.21. The summed E-state index contributed by atoms with van der Waals surface area (Å²) in [6, 6.07) is 4.30. The van der Waals surface area contributed by atoms with E-state index in [1.165, 1.54) is 12.8 Å². The van der Waals surface area contributed by atoms with Gasteiger partial charge in [0.15, 0.2) is 5.76 Å². The molecular weight excluding hydrogens is 294 g/mol. The summed E-state index contributed by atoms with van der Waals surface area (Å²) < 4.78 is 11.3. The van der Waals surface area contributed by atoms with Gasteiger partial charge < -0.3 is 19.3 Å². The summed E-state index contributed by atoms with van der Waals surface area (Å²) in [6.45, 7) is 1.98. The number of rotatable bonds is 7. The minimum Gasteiger partial charge on any atom is -0.490 e. The molecule has 0 saturated carbocycles. The van der Waals surface area contributed by atoms with E-state index in [1.54, 1.807) is 12.4 Å². The molecule has 0 bridgehead atoms. The molecule has 1 aliphatic heterocycles. The van der Waals surface area contributed by atoms with Gasteiger partial charge in [-0.05, 0) is 45.3 Å². The Kier molecular flexibility index (Phi) is 5.25. The third-order valence-electron chi connectivity index (χ3n) is 4.26. The van der Waals surface area contributed by atoms with E-state index < -0.39 is 0 Å². The van der Waals surface area contributed by atoms with Crippen molar-refractivity contribution in [1.82, 2.24) is 15.0 Å². The van der Waals surface area contributed by atoms with Crippen molar-refractivity contribution in [3.63, 3.8) is 0 Å². The molecule has 1 aliphatic rings. The van der Waals surface area contributed by atoms with Gasteiger partial charge in [-0.1, -0.05) is 5.16 Å². The smallest absolute Gasteiger partial charge is 0.168 e. The number of aliphatic hydroxyl groups is 1. The van der Waals surface area contributed by atoms with Gasteiger partial charge in [0.25, 0.3) is 0 Å². The first-order chi connectivity index (χ1) is 11.3. The molecule has 6 nitrogen and oxygen atoms in total. The first-order valence-corrected chi connectivity index (χ1v) is 8.11. The highest BCUT2D eigenvalue weighted by Crippen LogP contribution is 2.24. The van der Waals surface area contributed by atoms with E-state index >= 15 is 0 Å². The lowest BCUT2D eigenvalue weighted by Gasteiger charge is -2.19. The van der Waals surface area contributed by atoms with Crippen LogP contribution in [0.5, 0.6) is 5.75 Å². The van der Waals surface area contributed by atoms with Crippen molar-refractivity contribution in [2.75, 3.05) is 26.8 Å². The van der Waals surface area contributed by atoms with Crippen LogP contribution in [0.3, 0.4) is 0 Å². The second-order valence-electron chi connectivity index (χ2n) is 6.01. The van der Waals surface area contributed by atoms with Crippen LogP contribution in [0.2, 0.25) is 0 Å². The summed E-state index contributed by atoms with van der Waals surface area (Å²) >= 11 is 0. The van der Waals surface area contributed by atoms with Gasteiger partial charge in [0.2, 0.25) is 0 Å². The van der Waals surface area contributed by atoms with Gasteiger partial charge in [-0.25, -0.2) is 0 Å². The second kappa shape index (κ2) is 7.57. The van der Waals surface area contributed by atoms with Crippen molar-refractivity contribution in [3.8, 4) is 17.1 Å². The van der Waals surface area contributed by atoms with Crippen LogP contribution in [0.25, 0.3) is 11.3 Å². The van der Waals surface area contributed by atoms with Gasteiger partial charge in [0.1, 0.15) is 12.4 Å². The molecule has 0 aliphatic carbocycles. The van der Waals surface area contributed by atoms with Gasteiger partial charge in [0, 0.05) is 30.5 Å². The molecule has 1 saturated heterocycles. The molecule has 1 N–H and O–H groups in total. The molecule has 0 spiro atoms. The Morgan fingerprint density at radius 3 is 3.09 bits per heavy atom. The number of hydrogen-bond acceptors (Lipinski definition) is 6. The lowest BCUT2D eigenvalue weighted by Crippen LogP contribution is -2.30. The van der Waals surface area contributed by atoms with E-state index in [-0.39, 0.29) is 6.61 Å². The Labute approximate surface area is 136 Å². The van der Waals surface area contributed by atoms with E-state index in [0.29, 0.717) is 31.3 Å². The Morgan fingerprint density at radius 2 is 2.30 bits per heavy atom. The summed E-state index contributed by atoms with van der Waals surface area (Å²) in [6.07, 6.45) is 7.27. The van der Waals surface area contributed by atoms with Crippen molar-refractivity contribution < 1.29 is 14.4 Å². The molecule has 0 amide bonds. The predicted molar refractivity (Wildman–Crippen MR) is 86.3 cm³/mol. The monoisotopic (exact) mass is 317 g/mol. The van der Waals surface area contributed by atoms with Crippen molar-refractivity contribution in [3.05, 3.63) is 30.2 Å². The summed E-state index contributed by atoms with van der Waals surface area (Å²) in [4.78, 5) is 6.56. The summed E-state index contributed by atoms with van der Waals surface area (Å²) in [5, 5.41) is 12.9. The third kappa shape index (κ3) is 4.09. The molecule has 6 heteroatoms. The number of aryl methyl sites for hydroxylation is 1. The Balaban J connectivity index is 1.63. The second-order valence-corrected chi connectivity index (χ2v) is 6.01. The fourth-order valence-electron chi connectivity index (χ4n) is 2.84. The van der Waals surface area contributed by atoms with Gasteiger partial charge >= 0.3 is 0 Å². The molecule has 23 heavy (non-hydrogen) atoms. The number of aliphatic hydroxyl groups excluding tert-OH is 1. The molecule has 1 atom stereocenters. The normalized spacial score (nSPS) is 18.4. The molecule has 1 fully saturated rings. The van der Waals surface area contributed by atoms with E-state index in [9.17, 15) is 0 Å². The Hall–Kier alpha value is -1.92. The molecule has 124 valence electrons. The molecular formula is C17H23N3O3. The zero-order valence-electron chi connectivity index (χ0n) is 13.4. The number of aromatic nitrogens is 2. The van der Waals surface area contributed by atoms with E-state index in [4.69, 9.17) is 14.4 Å². The average Bonchev–Trinajstić information content (AvgIpc) is 3.20. The zero-order valence-corrected chi connectivity index (χ0v) is 13.4. The lowest BCUT2D eigenvalue weighted by atomic mass is 10.2. The van der Waals surface area contributed by atoms with E-state index in [2.05, 4.69) is 22.1 Å². The Bertz CT molecular complexity index is 629. The van der Waals surface area contributed by atoms with Crippen LogP contribution in [-0.4, -0.2) is 53.0 Å². The minimum absolute atomic E-state index is 0.155. The summed E-state index contributed by atoms with van der Waals surface area (Å²) in [5.41, 5.74) is 1.69. The quantitative estimate of drug-likeness (QED) is 0.843. The lowest BCUT2D eigenvalue weighted by molar-refractivity contribution is 0.198. The first-order valence-electron chi connectivity index (χ1n) is 8.11. The standard InChI is InChI=1S/C17H23N3O3/c1-20-6-2-5-15(20)12-22-16-8-13(10-18-11-16)17-9-14(19-23-17)4-3-7-21/h8-11,15,21H,2-7,12H2,1H3. The number of pyridine rings is 1. The van der Waals surface area contributed by atoms with Crippen LogP contribution < -0.4 is 4.74 Å². The maximum absolute atomic E-state index is 8.87. The first kappa shape index (κ1) is 16.0. The Morgan fingerprint density at radius 1 is 1.39 bits per heavy atom. The highest BCUT2D eigenvalue weighted by molar-refractivity contribution is 5.57. The fourth-order valence-corrected chi connectivity index (χ4v) is 2.84. The number of nitrogens with zero attached hydrogens (tertiary/aromatic N) is 3. The van der Waals surface area contributed by atoms with Gasteiger partial charge in [0.05, 0.1) is 11.9 Å². The summed E-state index contributed by atoms with van der Waals surface area (Å²) in [7, 11) is 2.14. The van der Waals surface area contributed by atoms with Gasteiger partial charge in [-0.3, -0.25) is 4.98 Å². The minimum atomic E-state index is 0.155. The SMILES string of the molecule is CN1CCCC1COc1cncc(-c2cc(CCCO)no2)c1. The van der Waals surface area contributed by atoms with Gasteiger partial charge in [-0.15, -0.1) is 0 Å². The van der Waals surface area contributed by atoms with Crippen molar-refractivity contribution in [1.29, 1.82) is 0 Å². The zero-order chi connectivity index (χ0) is 16.1. The fraction of sp³-hybridized carbons (Fsp3) is 0.529. The van der Waals surface area contributed by atoms with Crippen LogP contribution in [0.15, 0.2) is 29.0 Å². The highest BCUT2D eigenvalue weighted by atomic mass is 16.5. The average molecular weight is 317 g/mol. The number of hydrogen-bond donors (Lipinski definition) is 1. The number of likely N-dealkylation sites (N-methyl/N-ethyl adjacent to an activating group) is 1. The molecule has 3 rings (SSSR count). The van der Waals surface area contributed by atoms with Crippen molar-refractivity contribution in [2.24, 2.45) is 0 Å². The third-order valence-corrected chi connectivity index (χ3v) is 4.26. The molecule has 0 aromatic carbocycles. The van der Waals surface area contributed by atoms with Crippen LogP contribution in [0.1, 0.15) is 25.0 Å². The van der Waals surface area contributed by atoms with Crippen LogP contribution >= 0.6 is 0 Å². The van der Waals surface area contributed by atoms with Crippen LogP contribution in [0, 0.1) is 0 Å². The predicted octanol–water partition coefficient (Wildman–Crippen LogP) is 2.13. The largest absolute Gasteiger partial charge is 0.490 e. The van der Waals surface area contributed by atoms with Crippen LogP contribution in [-0.2, 0) is 6.42 Å². The molecule has 1 unspecified atom stereocenters. The van der Waals surface area contributed by atoms with Gasteiger partial charge in [-0.2, -0.15) is 0 Å². The summed E-state index contributed by atoms with van der Waals surface area (Å²) in [5.74, 6) is 1.42. The topological polar surface area (TPSA) is 71.6 Å². The van der Waals surface area contributed by atoms with E-state index in [0.717, 1.165) is 23.6 Å². The molecule has 3 heterocycles. The maximum Gasteiger partial charge on any atom is 0.168 e. The molecule has 2 aromatic rings. The van der Waals surface area contributed by atoms with Crippen molar-refractivity contribution in [2.45, 2.75) is 31.7 Å². The van der Waals surface area contributed by atoms with E-state index in [1.807, 2.05) is 12.1 Å². The number of likely N-dealkylation sites (tertiary alicyclic amines) is 1. The maximum atomic E-state index is 8.87. The van der Waals surface area contributed by atoms with Crippen LogP contribution in [0.4, 0.5) is 0 Å². The molecule has 0 radical (unpaired) electrons. The molecule has 2 aromatic heterocycles. The van der Waals surface area contributed by atoms with Crippen molar-refractivity contribution >= 4 is 0 Å².